The maximum absolute atomic E-state index is 14.0. The van der Waals surface area contributed by atoms with Gasteiger partial charge < -0.3 is 21.3 Å². The van der Waals surface area contributed by atoms with Crippen molar-refractivity contribution in [1.82, 2.24) is 4.90 Å². The van der Waals surface area contributed by atoms with Crippen LogP contribution in [0.2, 0.25) is 0 Å². The van der Waals surface area contributed by atoms with Gasteiger partial charge in [-0.2, -0.15) is 0 Å². The lowest BCUT2D eigenvalue weighted by atomic mass is 9.94. The van der Waals surface area contributed by atoms with E-state index < -0.39 is 19.0 Å². The molecule has 9 nitrogen and oxygen atoms in total. The normalized spacial score (nSPS) is 16.5. The second-order valence-electron chi connectivity index (χ2n) is 9.76. The third-order valence-electron chi connectivity index (χ3n) is 6.89. The quantitative estimate of drug-likeness (QED) is 0.268. The van der Waals surface area contributed by atoms with Crippen molar-refractivity contribution in [2.24, 2.45) is 5.73 Å². The van der Waals surface area contributed by atoms with Crippen molar-refractivity contribution in [2.45, 2.75) is 50.1 Å². The number of rotatable bonds is 5. The predicted molar refractivity (Wildman–Crippen MR) is 163 cm³/mol. The van der Waals surface area contributed by atoms with E-state index in [2.05, 4.69) is 10.6 Å². The van der Waals surface area contributed by atoms with Crippen molar-refractivity contribution in [3.8, 4) is 0 Å². The van der Waals surface area contributed by atoms with E-state index in [1.165, 1.54) is 32.2 Å². The van der Waals surface area contributed by atoms with Crippen molar-refractivity contribution in [3.05, 3.63) is 88.5 Å². The fourth-order valence-electron chi connectivity index (χ4n) is 4.85. The van der Waals surface area contributed by atoms with Gasteiger partial charge in [-0.05, 0) is 77.9 Å². The van der Waals surface area contributed by atoms with E-state index in [1.54, 1.807) is 43.4 Å². The smallest absolute Gasteiger partial charge is 0.249 e. The number of anilines is 2. The highest BCUT2D eigenvalue weighted by molar-refractivity contribution is 14.2. The molecule has 3 amide bonds. The van der Waals surface area contributed by atoms with Gasteiger partial charge in [-0.3, -0.25) is 14.4 Å². The van der Waals surface area contributed by atoms with Gasteiger partial charge in [0.15, 0.2) is 0 Å². The average molecular weight is 675 g/mol. The Morgan fingerprint density at radius 1 is 1.07 bits per heavy atom. The summed E-state index contributed by atoms with van der Waals surface area (Å²) >= 11 is 1.37. The molecule has 210 valence electrons. The number of benzene rings is 3. The molecule has 4 N–H and O–H groups in total. The number of hydrogen-bond donors (Lipinski definition) is 3. The Kier molecular flexibility index (Phi) is 9.14. The summed E-state index contributed by atoms with van der Waals surface area (Å²) in [5.41, 5.74) is 10.1. The number of amides is 3. The van der Waals surface area contributed by atoms with Crippen LogP contribution in [0.1, 0.15) is 58.4 Å². The van der Waals surface area contributed by atoms with Gasteiger partial charge in [0, 0.05) is 37.0 Å². The molecule has 1 unspecified atom stereocenters. The molecule has 11 heteroatoms. The zero-order valence-corrected chi connectivity index (χ0v) is 25.2. The van der Waals surface area contributed by atoms with Crippen LogP contribution in [0, 0.1) is 0 Å². The van der Waals surface area contributed by atoms with Crippen molar-refractivity contribution in [3.63, 3.8) is 0 Å². The Morgan fingerprint density at radius 2 is 1.85 bits per heavy atom. The topological polar surface area (TPSA) is 139 Å². The van der Waals surface area contributed by atoms with Crippen molar-refractivity contribution in [1.29, 1.82) is 0 Å². The number of fused-ring (bicyclic) bond motifs is 9. The first-order valence-corrected chi connectivity index (χ1v) is 16.9. The van der Waals surface area contributed by atoms with Gasteiger partial charge in [0.1, 0.15) is 6.04 Å². The predicted octanol–water partition coefficient (Wildman–Crippen LogP) is 4.56. The van der Waals surface area contributed by atoms with E-state index in [0.717, 1.165) is 23.1 Å². The number of nitrogens with two attached hydrogens (primary N) is 1. The molecule has 3 aromatic rings. The number of carbonyl (C=O) groups is 3. The van der Waals surface area contributed by atoms with Crippen LogP contribution in [0.15, 0.2) is 65.6 Å². The minimum atomic E-state index is -3.64. The molecule has 0 saturated carbocycles. The highest BCUT2D eigenvalue weighted by atomic mass is 127. The Hall–Kier alpha value is -3.45. The van der Waals surface area contributed by atoms with Gasteiger partial charge in [0.05, 0.1) is 26.1 Å². The van der Waals surface area contributed by atoms with Crippen LogP contribution in [0.5, 0.6) is 0 Å². The molecule has 3 aromatic carbocycles. The van der Waals surface area contributed by atoms with Crippen LogP contribution < -0.4 is 16.4 Å². The molecule has 1 atom stereocenters. The number of primary amides is 1. The number of nitrogens with zero attached hydrogens (tertiary/aromatic N) is 1. The maximum Gasteiger partial charge on any atom is 0.249 e. The minimum absolute atomic E-state index is 0.0155. The molecule has 0 saturated heterocycles. The van der Waals surface area contributed by atoms with Crippen LogP contribution >= 0.6 is 21.2 Å². The molecule has 0 radical (unpaired) electrons. The van der Waals surface area contributed by atoms with Crippen molar-refractivity contribution < 1.29 is 22.8 Å². The summed E-state index contributed by atoms with van der Waals surface area (Å²) in [6.07, 6.45) is 2.38. The number of carbonyl (C=O) groups excluding carboxylic acids is 3. The lowest BCUT2D eigenvalue weighted by Gasteiger charge is -2.27. The molecular weight excluding hydrogens is 643 g/mol. The summed E-state index contributed by atoms with van der Waals surface area (Å²) in [6, 6.07) is 16.3. The summed E-state index contributed by atoms with van der Waals surface area (Å²) < 4.78 is 25.1. The van der Waals surface area contributed by atoms with Crippen molar-refractivity contribution >= 4 is 57.3 Å². The Balaban J connectivity index is 1.81. The van der Waals surface area contributed by atoms with Gasteiger partial charge in [0.2, 0.25) is 24.7 Å². The van der Waals surface area contributed by atoms with Crippen LogP contribution in [0.3, 0.4) is 0 Å². The Morgan fingerprint density at radius 3 is 2.55 bits per heavy atom. The molecule has 0 spiro atoms. The summed E-state index contributed by atoms with van der Waals surface area (Å²) in [4.78, 5) is 39.9. The maximum atomic E-state index is 14.0. The first kappa shape index (κ1) is 29.5. The Labute approximate surface area is 246 Å². The molecule has 5 rings (SSSR count). The van der Waals surface area contributed by atoms with Gasteiger partial charge in [-0.1, -0.05) is 31.2 Å². The van der Waals surface area contributed by atoms with Crippen molar-refractivity contribution in [2.75, 3.05) is 17.7 Å². The van der Waals surface area contributed by atoms with Crippen LogP contribution in [-0.2, 0) is 36.0 Å². The third kappa shape index (κ3) is 7.00. The van der Waals surface area contributed by atoms with Gasteiger partial charge >= 0.3 is 0 Å². The number of aryl methyl sites for hydroxylation is 2. The minimum Gasteiger partial charge on any atom is -0.370 e. The molecule has 0 aliphatic carbocycles. The van der Waals surface area contributed by atoms with Crippen LogP contribution in [0.25, 0.3) is 0 Å². The summed E-state index contributed by atoms with van der Waals surface area (Å²) in [7, 11) is -2.03. The number of hydrogen-bond acceptors (Lipinski definition) is 6. The molecule has 2 heterocycles. The lowest BCUT2D eigenvalue weighted by Crippen LogP contribution is -2.35. The van der Waals surface area contributed by atoms with Crippen LogP contribution in [0.4, 0.5) is 11.4 Å². The van der Waals surface area contributed by atoms with E-state index in [0.29, 0.717) is 41.8 Å². The van der Waals surface area contributed by atoms with Gasteiger partial charge in [-0.25, -0.2) is 8.42 Å². The lowest BCUT2D eigenvalue weighted by molar-refractivity contribution is -0.131. The molecule has 2 aliphatic rings. The first-order valence-electron chi connectivity index (χ1n) is 12.9. The standard InChI is InChI=1S/C29H31IN4O5S/c1-3-18-14-20-11-10-19(18)6-5-9-26(35)32-24-12-13-25(40(30,38)39)22(16-24)17-34(2)29(37)27(20)33-23-8-4-7-21(15-23)28(31)36/h4,7-8,10-16,27,33H,3,5-6,9,17H2,1-2H3,(H2,31,36)(H,32,35). The monoisotopic (exact) mass is 674 g/mol. The van der Waals surface area contributed by atoms with E-state index in [9.17, 15) is 22.8 Å². The molecule has 40 heavy (non-hydrogen) atoms. The second-order valence-corrected chi connectivity index (χ2v) is 14.6. The highest BCUT2D eigenvalue weighted by Crippen LogP contribution is 2.30. The molecular formula is C29H31IN4O5S. The number of likely N-dealkylation sites (N-methyl/N-ethyl adjacent to an activating group) is 1. The molecule has 0 aromatic heterocycles. The number of nitrogens with one attached hydrogen (secondary N) is 2. The fraction of sp³-hybridized carbons (Fsp3) is 0.276. The summed E-state index contributed by atoms with van der Waals surface area (Å²) in [5.74, 6) is -1.05. The summed E-state index contributed by atoms with van der Waals surface area (Å²) in [6.45, 7) is 2.02. The van der Waals surface area contributed by atoms with Gasteiger partial charge in [-0.15, -0.1) is 0 Å². The largest absolute Gasteiger partial charge is 0.370 e. The molecule has 4 bridgehead atoms. The van der Waals surface area contributed by atoms with E-state index >= 15 is 0 Å². The highest BCUT2D eigenvalue weighted by Gasteiger charge is 2.27. The third-order valence-corrected chi connectivity index (χ3v) is 9.24. The SMILES string of the molecule is CCc1cc2ccc1CCCC(=O)Nc1ccc(S(=O)(=O)I)c(c1)CN(C)C(=O)C2Nc1cccc(C(N)=O)c1. The zero-order valence-electron chi connectivity index (χ0n) is 22.2. The van der Waals surface area contributed by atoms with E-state index in [1.807, 2.05) is 25.1 Å². The fourth-order valence-corrected chi connectivity index (χ4v) is 6.81. The van der Waals surface area contributed by atoms with E-state index in [-0.39, 0.29) is 23.3 Å². The number of halogens is 1. The summed E-state index contributed by atoms with van der Waals surface area (Å²) in [5, 5.41) is 6.12. The molecule has 0 fully saturated rings. The van der Waals surface area contributed by atoms with Gasteiger partial charge in [0.25, 0.3) is 0 Å². The zero-order chi connectivity index (χ0) is 29.0. The van der Waals surface area contributed by atoms with Crippen LogP contribution in [-0.4, -0.2) is 38.1 Å². The first-order chi connectivity index (χ1) is 19.0. The molecule has 2 aliphatic heterocycles. The van der Waals surface area contributed by atoms with E-state index in [4.69, 9.17) is 5.73 Å². The second kappa shape index (κ2) is 12.4. The Bertz CT molecular complexity index is 1570. The average Bonchev–Trinajstić information content (AvgIpc) is 2.90.